The van der Waals surface area contributed by atoms with Crippen molar-refractivity contribution >= 4 is 18.0 Å². The molecule has 0 saturated carbocycles. The first-order valence-electron chi connectivity index (χ1n) is 8.01. The fourth-order valence-electron chi connectivity index (χ4n) is 2.41. The summed E-state index contributed by atoms with van der Waals surface area (Å²) in [7, 11) is 0. The molecule has 1 aliphatic heterocycles. The van der Waals surface area contributed by atoms with Crippen LogP contribution in [0, 0.1) is 0 Å². The number of nitrogens with one attached hydrogen (secondary N) is 2. The first-order chi connectivity index (χ1) is 12.8. The predicted octanol–water partition coefficient (Wildman–Crippen LogP) is 1.96. The summed E-state index contributed by atoms with van der Waals surface area (Å²) in [6, 6.07) is 3.86. The molecule has 0 fully saturated rings. The molecule has 0 unspecified atom stereocenters. The maximum atomic E-state index is 12.3. The average Bonchev–Trinajstić information content (AvgIpc) is 2.58. The number of halogens is 2. The molecule has 1 heterocycles. The average molecular weight is 384 g/mol. The Balaban J connectivity index is 2.14. The van der Waals surface area contributed by atoms with Crippen LogP contribution >= 0.6 is 0 Å². The normalized spacial score (nSPS) is 16.5. The highest BCUT2D eigenvalue weighted by Gasteiger charge is 2.30. The molecule has 1 aliphatic rings. The summed E-state index contributed by atoms with van der Waals surface area (Å²) in [5.74, 6) is -1.70. The zero-order chi connectivity index (χ0) is 20.0. The lowest BCUT2D eigenvalue weighted by Gasteiger charge is -2.26. The van der Waals surface area contributed by atoms with Gasteiger partial charge in [0.05, 0.1) is 29.5 Å². The monoisotopic (exact) mass is 384 g/mol. The van der Waals surface area contributed by atoms with Crippen molar-refractivity contribution in [2.24, 2.45) is 0 Å². The Hall–Kier alpha value is -3.17. The van der Waals surface area contributed by atoms with Gasteiger partial charge in [0.25, 0.3) is 0 Å². The lowest BCUT2D eigenvalue weighted by molar-refractivity contribution is -0.139. The van der Waals surface area contributed by atoms with E-state index in [-0.39, 0.29) is 29.2 Å². The van der Waals surface area contributed by atoms with Crippen LogP contribution in [0.25, 0.3) is 0 Å². The van der Waals surface area contributed by atoms with Gasteiger partial charge in [0.1, 0.15) is 12.4 Å². The quantitative estimate of drug-likeness (QED) is 0.697. The molecule has 8 nitrogen and oxygen atoms in total. The summed E-state index contributed by atoms with van der Waals surface area (Å²) in [6.45, 7) is -0.0955. The third-order valence-corrected chi connectivity index (χ3v) is 3.51. The molecular formula is C17H18F2N2O6. The van der Waals surface area contributed by atoms with Crippen LogP contribution in [0.15, 0.2) is 35.5 Å². The number of carbonyl (C=O) groups is 3. The van der Waals surface area contributed by atoms with E-state index >= 15 is 0 Å². The molecule has 0 radical (unpaired) electrons. The lowest BCUT2D eigenvalue weighted by Crippen LogP contribution is -2.50. The van der Waals surface area contributed by atoms with Crippen LogP contribution in [0.3, 0.4) is 0 Å². The minimum atomic E-state index is -3.03. The van der Waals surface area contributed by atoms with Crippen LogP contribution < -0.4 is 15.4 Å². The minimum Gasteiger partial charge on any atom is -0.463 e. The second-order valence-corrected chi connectivity index (χ2v) is 5.42. The molecule has 2 N–H and O–H groups in total. The van der Waals surface area contributed by atoms with Crippen LogP contribution in [0.2, 0.25) is 0 Å². The highest BCUT2D eigenvalue weighted by Crippen LogP contribution is 2.18. The van der Waals surface area contributed by atoms with E-state index < -0.39 is 37.2 Å². The van der Waals surface area contributed by atoms with Gasteiger partial charge >= 0.3 is 24.6 Å². The summed E-state index contributed by atoms with van der Waals surface area (Å²) < 4.78 is 38.8. The molecular weight excluding hydrogens is 366 g/mol. The van der Waals surface area contributed by atoms with Gasteiger partial charge < -0.3 is 24.8 Å². The maximum absolute atomic E-state index is 12.3. The van der Waals surface area contributed by atoms with Crippen molar-refractivity contribution in [1.29, 1.82) is 0 Å². The number of hydrogen-bond donors (Lipinski definition) is 2. The molecule has 1 aromatic rings. The fourth-order valence-corrected chi connectivity index (χ4v) is 2.41. The van der Waals surface area contributed by atoms with Gasteiger partial charge in [0.15, 0.2) is 0 Å². The van der Waals surface area contributed by atoms with E-state index in [0.29, 0.717) is 0 Å². The van der Waals surface area contributed by atoms with Crippen LogP contribution in [0.5, 0.6) is 5.75 Å². The number of hydrogen-bond acceptors (Lipinski definition) is 6. The number of urea groups is 1. The van der Waals surface area contributed by atoms with E-state index in [0.717, 1.165) is 6.07 Å². The molecule has 27 heavy (non-hydrogen) atoms. The minimum absolute atomic E-state index is 0.0280. The molecule has 2 rings (SSSR count). The summed E-state index contributed by atoms with van der Waals surface area (Å²) in [4.78, 5) is 35.9. The van der Waals surface area contributed by atoms with Gasteiger partial charge in [0, 0.05) is 0 Å². The molecule has 0 saturated heterocycles. The van der Waals surface area contributed by atoms with Crippen molar-refractivity contribution in [2.45, 2.75) is 26.5 Å². The molecule has 146 valence electrons. The van der Waals surface area contributed by atoms with E-state index in [1.807, 2.05) is 0 Å². The van der Waals surface area contributed by atoms with Crippen molar-refractivity contribution in [2.75, 3.05) is 13.2 Å². The summed E-state index contributed by atoms with van der Waals surface area (Å²) in [5.41, 5.74) is 0.178. The van der Waals surface area contributed by atoms with E-state index in [1.54, 1.807) is 13.8 Å². The second-order valence-electron chi connectivity index (χ2n) is 5.42. The molecule has 10 heteroatoms. The second kappa shape index (κ2) is 8.97. The summed E-state index contributed by atoms with van der Waals surface area (Å²) in [6.07, 6.45) is 0. The SMILES string of the molecule is CCOC(=O)C1=C(COC(=O)c2cccc(OC(F)F)c2)NC(=O)N[C@H]1C. The third-order valence-electron chi connectivity index (χ3n) is 3.51. The first-order valence-corrected chi connectivity index (χ1v) is 8.01. The van der Waals surface area contributed by atoms with Gasteiger partial charge in [-0.3, -0.25) is 0 Å². The molecule has 0 bridgehead atoms. The largest absolute Gasteiger partial charge is 0.463 e. The number of carbonyl (C=O) groups excluding carboxylic acids is 3. The molecule has 0 spiro atoms. The van der Waals surface area contributed by atoms with Crippen molar-refractivity contribution in [3.8, 4) is 5.75 Å². The van der Waals surface area contributed by atoms with E-state index in [2.05, 4.69) is 15.4 Å². The highest BCUT2D eigenvalue weighted by molar-refractivity contribution is 5.95. The molecule has 0 aliphatic carbocycles. The number of amides is 2. The van der Waals surface area contributed by atoms with Crippen molar-refractivity contribution < 1.29 is 37.4 Å². The van der Waals surface area contributed by atoms with Gasteiger partial charge in [-0.05, 0) is 32.0 Å². The Kier molecular flexibility index (Phi) is 6.69. The Morgan fingerprint density at radius 2 is 1.96 bits per heavy atom. The maximum Gasteiger partial charge on any atom is 0.387 e. The van der Waals surface area contributed by atoms with E-state index in [4.69, 9.17) is 9.47 Å². The van der Waals surface area contributed by atoms with Crippen molar-refractivity contribution in [1.82, 2.24) is 10.6 Å². The summed E-state index contributed by atoms with van der Waals surface area (Å²) in [5, 5.41) is 4.91. The number of rotatable bonds is 7. The van der Waals surface area contributed by atoms with Crippen LogP contribution in [0.1, 0.15) is 24.2 Å². The van der Waals surface area contributed by atoms with E-state index in [9.17, 15) is 23.2 Å². The number of ether oxygens (including phenoxy) is 3. The fraction of sp³-hybridized carbons (Fsp3) is 0.353. The topological polar surface area (TPSA) is 103 Å². The van der Waals surface area contributed by atoms with E-state index in [1.165, 1.54) is 18.2 Å². The number of esters is 2. The van der Waals surface area contributed by atoms with Crippen molar-refractivity contribution in [3.05, 3.63) is 41.1 Å². The number of alkyl halides is 2. The van der Waals surface area contributed by atoms with Crippen LogP contribution in [-0.2, 0) is 14.3 Å². The van der Waals surface area contributed by atoms with Crippen LogP contribution in [0.4, 0.5) is 13.6 Å². The third kappa shape index (κ3) is 5.40. The standard InChI is InChI=1S/C17H18F2N2O6/c1-3-25-15(23)13-9(2)20-17(24)21-12(13)8-26-14(22)10-5-4-6-11(7-10)27-16(18)19/h4-7,9,16H,3,8H2,1-2H3,(H2,20,21,24)/t9-/m0/s1. The lowest BCUT2D eigenvalue weighted by atomic mass is 10.0. The van der Waals surface area contributed by atoms with Gasteiger partial charge in [-0.25, -0.2) is 14.4 Å². The Labute approximate surface area is 153 Å². The predicted molar refractivity (Wildman–Crippen MR) is 88.1 cm³/mol. The van der Waals surface area contributed by atoms with Gasteiger partial charge in [-0.2, -0.15) is 8.78 Å². The highest BCUT2D eigenvalue weighted by atomic mass is 19.3. The van der Waals surface area contributed by atoms with Gasteiger partial charge in [-0.15, -0.1) is 0 Å². The molecule has 2 amide bonds. The summed E-state index contributed by atoms with van der Waals surface area (Å²) >= 11 is 0. The Morgan fingerprint density at radius 3 is 2.63 bits per heavy atom. The number of benzene rings is 1. The molecule has 0 aromatic heterocycles. The molecule has 1 aromatic carbocycles. The smallest absolute Gasteiger partial charge is 0.387 e. The Morgan fingerprint density at radius 1 is 1.22 bits per heavy atom. The Bertz CT molecular complexity index is 766. The van der Waals surface area contributed by atoms with Crippen LogP contribution in [-0.4, -0.2) is 43.8 Å². The zero-order valence-electron chi connectivity index (χ0n) is 14.6. The zero-order valence-corrected chi connectivity index (χ0v) is 14.6. The molecule has 1 atom stereocenters. The van der Waals surface area contributed by atoms with Gasteiger partial charge in [-0.1, -0.05) is 6.07 Å². The van der Waals surface area contributed by atoms with Crippen molar-refractivity contribution in [3.63, 3.8) is 0 Å². The first kappa shape index (κ1) is 20.1. The van der Waals surface area contributed by atoms with Gasteiger partial charge in [0.2, 0.25) is 0 Å².